The summed E-state index contributed by atoms with van der Waals surface area (Å²) in [4.78, 5) is 33.6. The molecule has 1 saturated carbocycles. The fraction of sp³-hybridized carbons (Fsp3) is 0.571. The third-order valence-corrected chi connectivity index (χ3v) is 8.40. The lowest BCUT2D eigenvalue weighted by Crippen LogP contribution is -2.45. The zero-order valence-corrected chi connectivity index (χ0v) is 20.7. The summed E-state index contributed by atoms with van der Waals surface area (Å²) in [5.74, 6) is 1.94. The van der Waals surface area contributed by atoms with E-state index < -0.39 is 0 Å². The maximum absolute atomic E-state index is 13.7. The van der Waals surface area contributed by atoms with Crippen LogP contribution in [0.2, 0.25) is 0 Å². The van der Waals surface area contributed by atoms with Crippen LogP contribution >= 0.6 is 0 Å². The van der Waals surface area contributed by atoms with Gasteiger partial charge in [0.1, 0.15) is 0 Å². The Morgan fingerprint density at radius 2 is 1.69 bits per heavy atom. The molecule has 3 fully saturated rings. The molecule has 2 unspecified atom stereocenters. The molecule has 0 bridgehead atoms. The summed E-state index contributed by atoms with van der Waals surface area (Å²) >= 11 is 0. The van der Waals surface area contributed by atoms with Crippen LogP contribution in [0.25, 0.3) is 0 Å². The molecule has 7 heteroatoms. The van der Waals surface area contributed by atoms with Gasteiger partial charge in [0.2, 0.25) is 0 Å². The van der Waals surface area contributed by atoms with Crippen LogP contribution in [0.3, 0.4) is 0 Å². The number of hydrogen-bond donors (Lipinski definition) is 0. The number of rotatable bonds is 5. The van der Waals surface area contributed by atoms with Gasteiger partial charge in [0.25, 0.3) is 11.6 Å². The Morgan fingerprint density at radius 1 is 0.971 bits per heavy atom. The number of aryl methyl sites for hydroxylation is 1. The Balaban J connectivity index is 1.24. The third-order valence-electron chi connectivity index (χ3n) is 8.40. The predicted octanol–water partition coefficient (Wildman–Crippen LogP) is 5.33. The molecule has 2 aromatic rings. The Hall–Kier alpha value is -2.80. The van der Waals surface area contributed by atoms with Crippen LogP contribution < -0.4 is 0 Å². The van der Waals surface area contributed by atoms with E-state index in [-0.39, 0.29) is 22.4 Å². The number of amides is 1. The van der Waals surface area contributed by atoms with E-state index in [4.69, 9.17) is 4.98 Å². The van der Waals surface area contributed by atoms with Crippen molar-refractivity contribution in [3.63, 3.8) is 0 Å². The Kier molecular flexibility index (Phi) is 7.14. The molecule has 2 aliphatic heterocycles. The van der Waals surface area contributed by atoms with Gasteiger partial charge in [0, 0.05) is 43.4 Å². The minimum Gasteiger partial charge on any atom is -0.338 e. The fourth-order valence-electron chi connectivity index (χ4n) is 6.37. The smallest absolute Gasteiger partial charge is 0.269 e. The number of pyridine rings is 1. The number of likely N-dealkylation sites (tertiary alicyclic amines) is 2. The molecule has 1 aromatic heterocycles. The topological polar surface area (TPSA) is 79.6 Å². The van der Waals surface area contributed by atoms with E-state index in [2.05, 4.69) is 9.80 Å². The van der Waals surface area contributed by atoms with Gasteiger partial charge in [0.15, 0.2) is 0 Å². The minimum atomic E-state index is -0.361. The van der Waals surface area contributed by atoms with E-state index >= 15 is 0 Å². The second-order valence-electron chi connectivity index (χ2n) is 10.7. The molecule has 1 aliphatic carbocycles. The maximum atomic E-state index is 13.7. The van der Waals surface area contributed by atoms with Gasteiger partial charge in [-0.15, -0.1) is 0 Å². The van der Waals surface area contributed by atoms with Gasteiger partial charge in [-0.25, -0.2) is 0 Å². The number of aromatic nitrogens is 1. The van der Waals surface area contributed by atoms with E-state index in [1.54, 1.807) is 12.1 Å². The molecule has 1 amide bonds. The lowest BCUT2D eigenvalue weighted by molar-refractivity contribution is -0.384. The number of benzene rings is 1. The van der Waals surface area contributed by atoms with Gasteiger partial charge in [-0.3, -0.25) is 24.8 Å². The normalized spacial score (nSPS) is 23.6. The average Bonchev–Trinajstić information content (AvgIpc) is 2.89. The largest absolute Gasteiger partial charge is 0.338 e. The third kappa shape index (κ3) is 5.40. The number of hydrogen-bond acceptors (Lipinski definition) is 5. The summed E-state index contributed by atoms with van der Waals surface area (Å²) < 4.78 is 0. The molecule has 3 heterocycles. The Bertz CT molecular complexity index is 1060. The van der Waals surface area contributed by atoms with Gasteiger partial charge in [0.05, 0.1) is 16.2 Å². The summed E-state index contributed by atoms with van der Waals surface area (Å²) in [7, 11) is 0. The van der Waals surface area contributed by atoms with Crippen LogP contribution in [0.5, 0.6) is 0 Å². The summed E-state index contributed by atoms with van der Waals surface area (Å²) in [6.45, 7) is 6.44. The van der Waals surface area contributed by atoms with Crippen molar-refractivity contribution >= 4 is 11.6 Å². The zero-order valence-electron chi connectivity index (χ0n) is 20.7. The molecule has 186 valence electrons. The number of piperidine rings is 2. The molecular weight excluding hydrogens is 440 g/mol. The van der Waals surface area contributed by atoms with E-state index in [1.807, 2.05) is 31.2 Å². The Labute approximate surface area is 207 Å². The minimum absolute atomic E-state index is 0.128. The van der Waals surface area contributed by atoms with Crippen molar-refractivity contribution in [2.24, 2.45) is 11.8 Å². The van der Waals surface area contributed by atoms with Gasteiger partial charge in [-0.2, -0.15) is 0 Å². The van der Waals surface area contributed by atoms with Crippen LogP contribution in [0.15, 0.2) is 36.4 Å². The van der Waals surface area contributed by atoms with Crippen molar-refractivity contribution in [2.75, 3.05) is 26.2 Å². The van der Waals surface area contributed by atoms with Crippen LogP contribution in [0, 0.1) is 28.9 Å². The second-order valence-corrected chi connectivity index (χ2v) is 10.7. The highest BCUT2D eigenvalue weighted by Crippen LogP contribution is 2.37. The first kappa shape index (κ1) is 23.9. The van der Waals surface area contributed by atoms with E-state index in [0.29, 0.717) is 5.92 Å². The number of nitro groups is 1. The van der Waals surface area contributed by atoms with Crippen LogP contribution in [0.4, 0.5) is 5.69 Å². The van der Waals surface area contributed by atoms with Crippen molar-refractivity contribution in [3.8, 4) is 0 Å². The fourth-order valence-corrected chi connectivity index (χ4v) is 6.37. The zero-order chi connectivity index (χ0) is 24.4. The van der Waals surface area contributed by atoms with Gasteiger partial charge in [-0.05, 0) is 75.2 Å². The van der Waals surface area contributed by atoms with E-state index in [0.717, 1.165) is 80.4 Å². The van der Waals surface area contributed by atoms with Crippen LogP contribution in [-0.2, 0) is 6.54 Å². The van der Waals surface area contributed by atoms with Crippen molar-refractivity contribution in [2.45, 2.75) is 64.3 Å². The molecule has 2 saturated heterocycles. The summed E-state index contributed by atoms with van der Waals surface area (Å²) in [5.41, 5.74) is 3.97. The number of nitro benzene ring substituents is 1. The van der Waals surface area contributed by atoms with Crippen LogP contribution in [-0.4, -0.2) is 51.8 Å². The molecule has 35 heavy (non-hydrogen) atoms. The second kappa shape index (κ2) is 10.4. The van der Waals surface area contributed by atoms with Crippen molar-refractivity contribution in [3.05, 3.63) is 69.0 Å². The highest BCUT2D eigenvalue weighted by Gasteiger charge is 2.35. The quantitative estimate of drug-likeness (QED) is 0.430. The van der Waals surface area contributed by atoms with Gasteiger partial charge >= 0.3 is 0 Å². The molecule has 0 radical (unpaired) electrons. The van der Waals surface area contributed by atoms with Crippen LogP contribution in [0.1, 0.15) is 78.2 Å². The monoisotopic (exact) mass is 476 g/mol. The molecule has 2 atom stereocenters. The maximum Gasteiger partial charge on any atom is 0.269 e. The number of non-ortho nitro benzene ring substituents is 1. The lowest BCUT2D eigenvalue weighted by Gasteiger charge is -2.41. The van der Waals surface area contributed by atoms with Gasteiger partial charge < -0.3 is 4.90 Å². The standard InChI is InChI=1S/C28H36N4O3/c1-20-6-11-26(28(33)31-17-14-22-4-2-3-5-24(22)19-31)27(29-20)23-12-15-30(16-13-23)18-21-7-9-25(10-8-21)32(34)35/h6-11,22-24H,2-5,12-19H2,1H3. The van der Waals surface area contributed by atoms with E-state index in [9.17, 15) is 14.9 Å². The highest BCUT2D eigenvalue weighted by atomic mass is 16.6. The lowest BCUT2D eigenvalue weighted by atomic mass is 9.75. The van der Waals surface area contributed by atoms with Crippen molar-refractivity contribution in [1.82, 2.24) is 14.8 Å². The number of nitrogens with zero attached hydrogens (tertiary/aromatic N) is 4. The average molecular weight is 477 g/mol. The Morgan fingerprint density at radius 3 is 2.40 bits per heavy atom. The summed E-state index contributed by atoms with van der Waals surface area (Å²) in [5, 5.41) is 10.9. The number of carbonyl (C=O) groups is 1. The molecular formula is C28H36N4O3. The molecule has 0 spiro atoms. The first-order valence-electron chi connectivity index (χ1n) is 13.2. The molecule has 0 N–H and O–H groups in total. The molecule has 1 aromatic carbocycles. The summed E-state index contributed by atoms with van der Waals surface area (Å²) in [6, 6.07) is 10.8. The number of fused-ring (bicyclic) bond motifs is 1. The first-order valence-corrected chi connectivity index (χ1v) is 13.2. The van der Waals surface area contributed by atoms with Crippen molar-refractivity contribution in [1.29, 1.82) is 0 Å². The van der Waals surface area contributed by atoms with Gasteiger partial charge in [-0.1, -0.05) is 31.4 Å². The highest BCUT2D eigenvalue weighted by molar-refractivity contribution is 5.95. The first-order chi connectivity index (χ1) is 17.0. The molecule has 7 nitrogen and oxygen atoms in total. The number of carbonyl (C=O) groups excluding carboxylic acids is 1. The predicted molar refractivity (Wildman–Crippen MR) is 135 cm³/mol. The van der Waals surface area contributed by atoms with E-state index in [1.165, 1.54) is 25.7 Å². The van der Waals surface area contributed by atoms with Crippen molar-refractivity contribution < 1.29 is 9.72 Å². The molecule has 5 rings (SSSR count). The summed E-state index contributed by atoms with van der Waals surface area (Å²) in [6.07, 6.45) is 8.33. The molecule has 3 aliphatic rings. The SMILES string of the molecule is Cc1ccc(C(=O)N2CCC3CCCCC3C2)c(C2CCN(Cc3ccc([N+](=O)[O-])cc3)CC2)n1.